The van der Waals surface area contributed by atoms with E-state index in [1.54, 1.807) is 34.3 Å². The van der Waals surface area contributed by atoms with Gasteiger partial charge in [0.25, 0.3) is 0 Å². The first-order valence-electron chi connectivity index (χ1n) is 19.4. The molecular formula is C40H49Br2N9O5. The molecule has 5 heterocycles. The highest BCUT2D eigenvalue weighted by Gasteiger charge is 2.44. The van der Waals surface area contributed by atoms with Crippen LogP contribution in [0, 0.1) is 5.92 Å². The number of aromatic nitrogens is 1. The van der Waals surface area contributed by atoms with E-state index < -0.39 is 24.0 Å². The van der Waals surface area contributed by atoms with E-state index in [2.05, 4.69) is 52.4 Å². The molecule has 2 atom stereocenters. The van der Waals surface area contributed by atoms with Gasteiger partial charge in [-0.2, -0.15) is 0 Å². The SMILES string of the molecule is N[C@@H](Cc1cc(Br)c(O)c(Br)c1)C(=O)N(C(=O)N1CCC(N2Cc3ccccc3NC2=O)CC1)[C@@H](CC1CCNCC1)C(=O)N1CCN(c2ccncc2)CC1. The van der Waals surface area contributed by atoms with Crippen LogP contribution in [0.4, 0.5) is 21.0 Å². The summed E-state index contributed by atoms with van der Waals surface area (Å²) in [6.07, 6.45) is 6.61. The van der Waals surface area contributed by atoms with Crippen molar-refractivity contribution in [3.8, 4) is 5.75 Å². The van der Waals surface area contributed by atoms with Crippen LogP contribution in [0.5, 0.6) is 5.75 Å². The predicted molar refractivity (Wildman–Crippen MR) is 220 cm³/mol. The van der Waals surface area contributed by atoms with Crippen molar-refractivity contribution in [3.63, 3.8) is 0 Å². The number of aromatic hydroxyl groups is 1. The summed E-state index contributed by atoms with van der Waals surface area (Å²) in [6.45, 7) is 4.77. The molecule has 14 nitrogen and oxygen atoms in total. The van der Waals surface area contributed by atoms with Crippen molar-refractivity contribution in [2.24, 2.45) is 11.7 Å². The number of nitrogens with one attached hydrogen (secondary N) is 2. The Hall–Kier alpha value is -4.25. The van der Waals surface area contributed by atoms with Crippen LogP contribution >= 0.6 is 31.9 Å². The van der Waals surface area contributed by atoms with Crippen LogP contribution in [0.15, 0.2) is 69.9 Å². The number of nitrogens with two attached hydrogens (primary N) is 1. The topological polar surface area (TPSA) is 168 Å². The van der Waals surface area contributed by atoms with Crippen molar-refractivity contribution in [2.75, 3.05) is 62.6 Å². The highest BCUT2D eigenvalue weighted by atomic mass is 79.9. The number of likely N-dealkylation sites (tertiary alicyclic amines) is 1. The van der Waals surface area contributed by atoms with Crippen molar-refractivity contribution in [2.45, 2.75) is 63.2 Å². The van der Waals surface area contributed by atoms with Crippen LogP contribution in [-0.4, -0.2) is 124 Å². The first kappa shape index (κ1) is 40.0. The Morgan fingerprint density at radius 1 is 0.911 bits per heavy atom. The van der Waals surface area contributed by atoms with Gasteiger partial charge in [-0.1, -0.05) is 18.2 Å². The van der Waals surface area contributed by atoms with Gasteiger partial charge in [0.05, 0.1) is 15.0 Å². The number of pyridine rings is 1. The lowest BCUT2D eigenvalue weighted by atomic mass is 9.89. The number of rotatable bonds is 9. The second-order valence-corrected chi connectivity index (χ2v) is 16.8. The molecule has 0 saturated carbocycles. The number of piperidine rings is 2. The number of piperazine rings is 1. The highest BCUT2D eigenvalue weighted by molar-refractivity contribution is 9.11. The number of benzene rings is 2. The number of phenolic OH excluding ortho intramolecular Hbond substituents is 1. The smallest absolute Gasteiger partial charge is 0.327 e. The van der Waals surface area contributed by atoms with Gasteiger partial charge in [0, 0.05) is 75.6 Å². The minimum absolute atomic E-state index is 0.0248. The molecule has 2 aromatic carbocycles. The van der Waals surface area contributed by atoms with E-state index in [4.69, 9.17) is 5.73 Å². The molecule has 0 unspecified atom stereocenters. The van der Waals surface area contributed by atoms with Crippen LogP contribution in [0.25, 0.3) is 0 Å². The fourth-order valence-electron chi connectivity index (χ4n) is 8.38. The van der Waals surface area contributed by atoms with Crippen LogP contribution < -0.4 is 21.3 Å². The molecule has 3 saturated heterocycles. The van der Waals surface area contributed by atoms with E-state index in [0.29, 0.717) is 79.6 Å². The molecule has 6 amide bonds. The number of anilines is 2. The number of phenols is 1. The third-order valence-corrected chi connectivity index (χ3v) is 12.8. The number of fused-ring (bicyclic) bond motifs is 1. The molecule has 298 valence electrons. The Morgan fingerprint density at radius 2 is 1.57 bits per heavy atom. The fourth-order valence-corrected chi connectivity index (χ4v) is 9.66. The number of nitrogens with zero attached hydrogens (tertiary/aromatic N) is 6. The van der Waals surface area contributed by atoms with E-state index in [1.165, 1.54) is 4.90 Å². The Morgan fingerprint density at radius 3 is 2.25 bits per heavy atom. The molecular weight excluding hydrogens is 846 g/mol. The Kier molecular flexibility index (Phi) is 12.8. The normalized spacial score (nSPS) is 19.2. The lowest BCUT2D eigenvalue weighted by molar-refractivity contribution is -0.145. The maximum Gasteiger partial charge on any atom is 0.327 e. The van der Waals surface area contributed by atoms with Gasteiger partial charge in [-0.15, -0.1) is 0 Å². The van der Waals surface area contributed by atoms with Gasteiger partial charge in [-0.25, -0.2) is 9.59 Å². The van der Waals surface area contributed by atoms with Crippen LogP contribution in [0.1, 0.15) is 43.2 Å². The first-order chi connectivity index (χ1) is 27.1. The van der Waals surface area contributed by atoms with Crippen molar-refractivity contribution in [1.29, 1.82) is 0 Å². The monoisotopic (exact) mass is 893 g/mol. The van der Waals surface area contributed by atoms with Crippen LogP contribution in [0.3, 0.4) is 0 Å². The summed E-state index contributed by atoms with van der Waals surface area (Å²) < 4.78 is 0.876. The first-order valence-corrected chi connectivity index (χ1v) is 21.0. The van der Waals surface area contributed by atoms with Crippen molar-refractivity contribution >= 4 is 67.1 Å². The maximum atomic E-state index is 14.9. The summed E-state index contributed by atoms with van der Waals surface area (Å²) in [5, 5.41) is 16.7. The molecule has 0 spiro atoms. The molecule has 4 aliphatic heterocycles. The summed E-state index contributed by atoms with van der Waals surface area (Å²) in [6, 6.07) is 12.0. The number of hydrogen-bond donors (Lipinski definition) is 4. The number of amides is 6. The van der Waals surface area contributed by atoms with Gasteiger partial charge in [-0.05, 0) is 131 Å². The molecule has 0 bridgehead atoms. The zero-order chi connectivity index (χ0) is 39.3. The number of imide groups is 1. The largest absolute Gasteiger partial charge is 0.506 e. The van der Waals surface area contributed by atoms with Crippen molar-refractivity contribution in [1.82, 2.24) is 29.9 Å². The number of hydrogen-bond acceptors (Lipinski definition) is 9. The van der Waals surface area contributed by atoms with E-state index in [1.807, 2.05) is 41.3 Å². The Labute approximate surface area is 344 Å². The third kappa shape index (κ3) is 8.98. The van der Waals surface area contributed by atoms with E-state index in [-0.39, 0.29) is 36.1 Å². The molecule has 4 aliphatic rings. The fraction of sp³-hybridized carbons (Fsp3) is 0.475. The summed E-state index contributed by atoms with van der Waals surface area (Å²) in [5.74, 6) is -0.720. The second-order valence-electron chi connectivity index (χ2n) is 15.1. The van der Waals surface area contributed by atoms with Gasteiger partial charge in [-0.3, -0.25) is 19.5 Å². The third-order valence-electron chi connectivity index (χ3n) is 11.6. The summed E-state index contributed by atoms with van der Waals surface area (Å²) >= 11 is 6.73. The molecule has 0 aliphatic carbocycles. The molecule has 3 aromatic rings. The minimum Gasteiger partial charge on any atom is -0.506 e. The minimum atomic E-state index is -1.15. The Bertz CT molecular complexity index is 1880. The summed E-state index contributed by atoms with van der Waals surface area (Å²) in [7, 11) is 0. The van der Waals surface area contributed by atoms with Gasteiger partial charge in [0.1, 0.15) is 11.8 Å². The number of carbonyl (C=O) groups is 4. The van der Waals surface area contributed by atoms with Gasteiger partial charge < -0.3 is 41.1 Å². The summed E-state index contributed by atoms with van der Waals surface area (Å²) in [4.78, 5) is 70.4. The van der Waals surface area contributed by atoms with Crippen LogP contribution in [-0.2, 0) is 22.6 Å². The van der Waals surface area contributed by atoms with Gasteiger partial charge in [0.2, 0.25) is 11.8 Å². The number of urea groups is 2. The van der Waals surface area contributed by atoms with Crippen LogP contribution in [0.2, 0.25) is 0 Å². The quantitative estimate of drug-likeness (QED) is 0.237. The molecule has 7 rings (SSSR count). The lowest BCUT2D eigenvalue weighted by Gasteiger charge is -2.44. The van der Waals surface area contributed by atoms with Gasteiger partial charge >= 0.3 is 12.1 Å². The maximum absolute atomic E-state index is 14.9. The van der Waals surface area contributed by atoms with Crippen molar-refractivity contribution < 1.29 is 24.3 Å². The summed E-state index contributed by atoms with van der Waals surface area (Å²) in [5.41, 5.74) is 10.2. The molecule has 0 radical (unpaired) electrons. The standard InChI is InChI=1S/C40H49Br2N9O5/c41-31-21-27(22-32(42)36(31)52)23-33(43)37(53)51(40(56)49-15-9-30(10-16-49)50-25-28-3-1-2-4-34(28)46-39(50)55)35(24-26-5-11-44-12-6-26)38(54)48-19-17-47(18-20-48)29-7-13-45-14-8-29/h1-4,7-8,13-14,21-22,26,30,33,35,44,52H,5-6,9-12,15-20,23-25,43H2,(H,46,55)/t33-,35-/m0/s1. The Balaban J connectivity index is 1.14. The zero-order valence-corrected chi connectivity index (χ0v) is 34.5. The molecule has 5 N–H and O–H groups in total. The average molecular weight is 896 g/mol. The number of para-hydroxylation sites is 1. The highest BCUT2D eigenvalue weighted by Crippen LogP contribution is 2.34. The second kappa shape index (κ2) is 17.9. The van der Waals surface area contributed by atoms with E-state index in [0.717, 1.165) is 42.9 Å². The van der Waals surface area contributed by atoms with E-state index >= 15 is 0 Å². The lowest BCUT2D eigenvalue weighted by Crippen LogP contribution is -2.63. The molecule has 16 heteroatoms. The number of halogens is 2. The molecule has 56 heavy (non-hydrogen) atoms. The van der Waals surface area contributed by atoms with Gasteiger partial charge in [0.15, 0.2) is 0 Å². The van der Waals surface area contributed by atoms with Crippen molar-refractivity contribution in [3.05, 3.63) is 81.0 Å². The zero-order valence-electron chi connectivity index (χ0n) is 31.3. The molecule has 1 aromatic heterocycles. The van der Waals surface area contributed by atoms with E-state index in [9.17, 15) is 24.3 Å². The predicted octanol–water partition coefficient (Wildman–Crippen LogP) is 4.75. The molecule has 3 fully saturated rings. The number of carbonyl (C=O) groups excluding carboxylic acids is 4. The average Bonchev–Trinajstić information content (AvgIpc) is 3.22.